The Morgan fingerprint density at radius 3 is 2.52 bits per heavy atom. The van der Waals surface area contributed by atoms with Crippen molar-refractivity contribution >= 4 is 42.1 Å². The number of nitrogens with one attached hydrogen (secondary N) is 1. The van der Waals surface area contributed by atoms with Gasteiger partial charge in [0, 0.05) is 29.9 Å². The van der Waals surface area contributed by atoms with E-state index < -0.39 is 0 Å². The molecule has 2 saturated carbocycles. The van der Waals surface area contributed by atoms with Crippen LogP contribution in [0.2, 0.25) is 5.02 Å². The van der Waals surface area contributed by atoms with Gasteiger partial charge in [0.2, 0.25) is 0 Å². The molecule has 1 aliphatic heterocycles. The summed E-state index contributed by atoms with van der Waals surface area (Å²) in [6, 6.07) is 7.53. The molecule has 0 aromatic heterocycles. The van der Waals surface area contributed by atoms with Crippen molar-refractivity contribution in [1.82, 2.24) is 5.32 Å². The van der Waals surface area contributed by atoms with Gasteiger partial charge >= 0.3 is 0 Å². The average Bonchev–Trinajstić information content (AvgIpc) is 3.31. The summed E-state index contributed by atoms with van der Waals surface area (Å²) in [5.41, 5.74) is 1.37. The molecule has 0 radical (unpaired) electrons. The molecule has 1 heterocycles. The third-order valence-electron chi connectivity index (χ3n) is 5.34. The number of anilines is 1. The van der Waals surface area contributed by atoms with Gasteiger partial charge in [-0.1, -0.05) is 24.4 Å². The first kappa shape index (κ1) is 21.0. The van der Waals surface area contributed by atoms with Crippen molar-refractivity contribution in [3.63, 3.8) is 0 Å². The molecule has 0 unspecified atom stereocenters. The number of hydrogen-bond acceptors (Lipinski definition) is 3. The van der Waals surface area contributed by atoms with Crippen LogP contribution < -0.4 is 15.0 Å². The molecular weight excluding hydrogens is 379 g/mol. The van der Waals surface area contributed by atoms with Crippen molar-refractivity contribution in [3.8, 4) is 5.75 Å². The summed E-state index contributed by atoms with van der Waals surface area (Å²) in [7, 11) is 0. The molecule has 6 heteroatoms. The average molecular weight is 408 g/mol. The summed E-state index contributed by atoms with van der Waals surface area (Å²) in [4.78, 5) is 2.58. The van der Waals surface area contributed by atoms with E-state index in [1.807, 2.05) is 0 Å². The Hall–Kier alpha value is -0.350. The van der Waals surface area contributed by atoms with E-state index in [1.165, 1.54) is 31.4 Å². The van der Waals surface area contributed by atoms with Crippen molar-refractivity contribution in [3.05, 3.63) is 23.2 Å². The second-order valence-corrected chi connectivity index (χ2v) is 8.45. The van der Waals surface area contributed by atoms with Crippen LogP contribution in [0.3, 0.4) is 0 Å². The number of ether oxygens (including phenoxy) is 1. The van der Waals surface area contributed by atoms with Crippen molar-refractivity contribution in [2.75, 3.05) is 11.4 Å². The lowest BCUT2D eigenvalue weighted by atomic mass is 9.83. The van der Waals surface area contributed by atoms with Gasteiger partial charge in [0.15, 0.2) is 0 Å². The minimum Gasteiger partial charge on any atom is -0.489 e. The topological polar surface area (TPSA) is 24.5 Å². The van der Waals surface area contributed by atoms with Crippen molar-refractivity contribution in [1.29, 1.82) is 0 Å². The molecule has 142 valence electrons. The minimum atomic E-state index is 0. The molecule has 0 amide bonds. The Morgan fingerprint density at radius 2 is 1.84 bits per heavy atom. The van der Waals surface area contributed by atoms with E-state index >= 15 is 0 Å². The van der Waals surface area contributed by atoms with Crippen LogP contribution in [-0.4, -0.2) is 30.3 Å². The van der Waals surface area contributed by atoms with Crippen molar-refractivity contribution < 1.29 is 4.74 Å². The molecule has 3 fully saturated rings. The van der Waals surface area contributed by atoms with Crippen LogP contribution >= 0.6 is 36.4 Å². The van der Waals surface area contributed by atoms with E-state index in [0.717, 1.165) is 30.2 Å². The predicted octanol–water partition coefficient (Wildman–Crippen LogP) is 5.22. The number of fused-ring (bicyclic) bond motifs is 1. The SMILES string of the molecule is CC1(C)CN(c2ccc(OC3CC3)c(Cl)c2)[C@@H]2CCCC[C@@H]2N1.Cl.Cl. The van der Waals surface area contributed by atoms with Crippen LogP contribution in [-0.2, 0) is 0 Å². The van der Waals surface area contributed by atoms with Crippen LogP contribution in [0.5, 0.6) is 5.75 Å². The Bertz CT molecular complexity index is 592. The van der Waals surface area contributed by atoms with Crippen LogP contribution in [0.1, 0.15) is 52.4 Å². The summed E-state index contributed by atoms with van der Waals surface area (Å²) in [6.07, 6.45) is 7.93. The smallest absolute Gasteiger partial charge is 0.138 e. The molecule has 2 atom stereocenters. The highest BCUT2D eigenvalue weighted by Gasteiger charge is 2.40. The van der Waals surface area contributed by atoms with E-state index in [2.05, 4.69) is 42.3 Å². The molecular formula is C19H29Cl3N2O. The van der Waals surface area contributed by atoms with Gasteiger partial charge < -0.3 is 15.0 Å². The molecule has 3 aliphatic rings. The highest BCUT2D eigenvalue weighted by Crippen LogP contribution is 2.38. The molecule has 3 nitrogen and oxygen atoms in total. The third-order valence-corrected chi connectivity index (χ3v) is 5.63. The summed E-state index contributed by atoms with van der Waals surface area (Å²) < 4.78 is 5.88. The summed E-state index contributed by atoms with van der Waals surface area (Å²) >= 11 is 6.50. The van der Waals surface area contributed by atoms with Crippen molar-refractivity contribution in [2.24, 2.45) is 0 Å². The molecule has 1 aromatic carbocycles. The molecule has 2 aliphatic carbocycles. The number of hydrogen-bond donors (Lipinski definition) is 1. The first-order valence-electron chi connectivity index (χ1n) is 9.02. The fourth-order valence-corrected chi connectivity index (χ4v) is 4.37. The molecule has 0 spiro atoms. The van der Waals surface area contributed by atoms with Gasteiger partial charge in [-0.3, -0.25) is 0 Å². The summed E-state index contributed by atoms with van der Waals surface area (Å²) in [5.74, 6) is 0.840. The van der Waals surface area contributed by atoms with E-state index in [1.54, 1.807) is 0 Å². The molecule has 25 heavy (non-hydrogen) atoms. The monoisotopic (exact) mass is 406 g/mol. The predicted molar refractivity (Wildman–Crippen MR) is 110 cm³/mol. The van der Waals surface area contributed by atoms with Gasteiger partial charge in [-0.05, 0) is 57.7 Å². The van der Waals surface area contributed by atoms with Crippen molar-refractivity contribution in [2.45, 2.75) is 76.1 Å². The second kappa shape index (κ2) is 8.12. The third kappa shape index (κ3) is 4.68. The summed E-state index contributed by atoms with van der Waals surface area (Å²) in [5, 5.41) is 4.60. The van der Waals surface area contributed by atoms with Gasteiger partial charge in [0.1, 0.15) is 5.75 Å². The zero-order valence-electron chi connectivity index (χ0n) is 15.0. The maximum atomic E-state index is 6.50. The molecule has 0 bridgehead atoms. The Balaban J connectivity index is 0.00000113. The number of piperazine rings is 1. The normalized spacial score (nSPS) is 27.6. The van der Waals surface area contributed by atoms with Crippen LogP contribution in [0, 0.1) is 0 Å². The number of rotatable bonds is 3. The first-order valence-corrected chi connectivity index (χ1v) is 9.40. The standard InChI is InChI=1S/C19H27ClN2O.2ClH/c1-19(2)12-22(17-6-4-3-5-16(17)21-19)13-7-10-18(15(20)11-13)23-14-8-9-14;;/h7,10-11,14,16-17,21H,3-6,8-9,12H2,1-2H3;2*1H/t16-,17+;;/m0../s1. The number of nitrogens with zero attached hydrogens (tertiary/aromatic N) is 1. The first-order chi connectivity index (χ1) is 11.0. The minimum absolute atomic E-state index is 0. The molecule has 1 saturated heterocycles. The lowest BCUT2D eigenvalue weighted by molar-refractivity contribution is 0.199. The maximum Gasteiger partial charge on any atom is 0.138 e. The van der Waals surface area contributed by atoms with Gasteiger partial charge in [0.05, 0.1) is 11.1 Å². The maximum absolute atomic E-state index is 6.50. The van der Waals surface area contributed by atoms with E-state index in [4.69, 9.17) is 16.3 Å². The highest BCUT2D eigenvalue weighted by molar-refractivity contribution is 6.32. The molecule has 4 rings (SSSR count). The number of benzene rings is 1. The fourth-order valence-electron chi connectivity index (χ4n) is 4.16. The van der Waals surface area contributed by atoms with E-state index in [0.29, 0.717) is 18.2 Å². The van der Waals surface area contributed by atoms with E-state index in [9.17, 15) is 0 Å². The number of halogens is 3. The Labute approximate surface area is 168 Å². The van der Waals surface area contributed by atoms with E-state index in [-0.39, 0.29) is 30.4 Å². The Morgan fingerprint density at radius 1 is 1.12 bits per heavy atom. The zero-order valence-corrected chi connectivity index (χ0v) is 17.4. The summed E-state index contributed by atoms with van der Waals surface area (Å²) in [6.45, 7) is 5.63. The molecule has 1 N–H and O–H groups in total. The largest absolute Gasteiger partial charge is 0.489 e. The lowest BCUT2D eigenvalue weighted by Crippen LogP contribution is -2.67. The van der Waals surface area contributed by atoms with Crippen LogP contribution in [0.25, 0.3) is 0 Å². The van der Waals surface area contributed by atoms with Gasteiger partial charge in [0.25, 0.3) is 0 Å². The fraction of sp³-hybridized carbons (Fsp3) is 0.684. The van der Waals surface area contributed by atoms with Crippen LogP contribution in [0.4, 0.5) is 5.69 Å². The zero-order chi connectivity index (χ0) is 16.0. The highest BCUT2D eigenvalue weighted by atomic mass is 35.5. The lowest BCUT2D eigenvalue weighted by Gasteiger charge is -2.52. The Kier molecular flexibility index (Phi) is 6.81. The van der Waals surface area contributed by atoms with Gasteiger partial charge in [-0.15, -0.1) is 24.8 Å². The van der Waals surface area contributed by atoms with Gasteiger partial charge in [-0.25, -0.2) is 0 Å². The molecule has 1 aromatic rings. The van der Waals surface area contributed by atoms with Gasteiger partial charge in [-0.2, -0.15) is 0 Å². The second-order valence-electron chi connectivity index (χ2n) is 8.05. The quantitative estimate of drug-likeness (QED) is 0.743. The van der Waals surface area contributed by atoms with Crippen LogP contribution in [0.15, 0.2) is 18.2 Å².